The number of likely N-dealkylation sites (tertiary alicyclic amines) is 1. The summed E-state index contributed by atoms with van der Waals surface area (Å²) >= 11 is 12.1. The van der Waals surface area contributed by atoms with Gasteiger partial charge in [-0.1, -0.05) is 53.5 Å². The molecule has 2 aliphatic rings. The molecule has 2 aliphatic heterocycles. The minimum Gasteiger partial charge on any atom is -0.475 e. The average molecular weight is 561 g/mol. The van der Waals surface area contributed by atoms with Crippen LogP contribution in [0.15, 0.2) is 42.5 Å². The Balaban J connectivity index is 0.000000479. The Bertz CT molecular complexity index is 1250. The zero-order chi connectivity index (χ0) is 27.9. The number of nitrogens with zero attached hydrogens (tertiary/aromatic N) is 1. The smallest absolute Gasteiger partial charge is 0.475 e. The molecule has 2 fully saturated rings. The molecule has 8 nitrogen and oxygen atoms in total. The lowest BCUT2D eigenvalue weighted by atomic mass is 9.80. The highest BCUT2D eigenvalue weighted by Gasteiger charge is 2.66. The number of fused-ring (bicyclic) bond motifs is 1. The van der Waals surface area contributed by atoms with Crippen LogP contribution >= 0.6 is 23.2 Å². The number of carboxylic acids is 1. The first kappa shape index (κ1) is 28.4. The van der Waals surface area contributed by atoms with Crippen LogP contribution in [0.4, 0.5) is 13.2 Å². The van der Waals surface area contributed by atoms with E-state index in [4.69, 9.17) is 37.8 Å². The van der Waals surface area contributed by atoms with Crippen molar-refractivity contribution in [1.82, 2.24) is 10.2 Å². The van der Waals surface area contributed by atoms with Crippen LogP contribution in [0.25, 0.3) is 11.1 Å². The van der Waals surface area contributed by atoms with Crippen molar-refractivity contribution in [3.05, 3.63) is 58.1 Å². The summed E-state index contributed by atoms with van der Waals surface area (Å²) in [6, 6.07) is 12.5. The van der Waals surface area contributed by atoms with Crippen molar-refractivity contribution < 1.29 is 42.2 Å². The molecule has 2 saturated heterocycles. The summed E-state index contributed by atoms with van der Waals surface area (Å²) < 4.78 is 36.7. The van der Waals surface area contributed by atoms with Crippen molar-refractivity contribution in [2.24, 2.45) is 11.8 Å². The van der Waals surface area contributed by atoms with E-state index in [2.05, 4.69) is 5.32 Å². The fourth-order valence-electron chi connectivity index (χ4n) is 4.53. The van der Waals surface area contributed by atoms with Gasteiger partial charge in [0.05, 0.1) is 29.0 Å². The molecule has 0 spiro atoms. The van der Waals surface area contributed by atoms with E-state index in [1.807, 2.05) is 30.3 Å². The normalized spacial score (nSPS) is 24.9. The molecule has 0 radical (unpaired) electrons. The van der Waals surface area contributed by atoms with Crippen molar-refractivity contribution in [2.75, 3.05) is 14.2 Å². The highest BCUT2D eigenvalue weighted by atomic mass is 35.5. The molecule has 2 aromatic carbocycles. The first-order valence-corrected chi connectivity index (χ1v) is 11.4. The van der Waals surface area contributed by atoms with E-state index in [9.17, 15) is 27.6 Å². The molecule has 2 aromatic rings. The molecule has 0 aromatic heterocycles. The van der Waals surface area contributed by atoms with Crippen molar-refractivity contribution >= 4 is 47.0 Å². The Labute approximate surface area is 219 Å². The number of methoxy groups -OCH3 is 1. The molecule has 2 amide bonds. The summed E-state index contributed by atoms with van der Waals surface area (Å²) in [6.07, 6.45) is -5.08. The number of amides is 2. The number of ether oxygens (including phenoxy) is 1. The Morgan fingerprint density at radius 2 is 1.57 bits per heavy atom. The Hall–Kier alpha value is -3.15. The van der Waals surface area contributed by atoms with Gasteiger partial charge in [0.15, 0.2) is 0 Å². The highest BCUT2D eigenvalue weighted by Crippen LogP contribution is 2.48. The number of imide groups is 1. The number of carbonyl (C=O) groups is 4. The second-order valence-electron chi connectivity index (χ2n) is 8.61. The van der Waals surface area contributed by atoms with Gasteiger partial charge in [-0.2, -0.15) is 13.2 Å². The Morgan fingerprint density at radius 1 is 1.03 bits per heavy atom. The number of alkyl halides is 3. The molecule has 2 N–H and O–H groups in total. The third-order valence-electron chi connectivity index (χ3n) is 6.38. The summed E-state index contributed by atoms with van der Waals surface area (Å²) in [5, 5.41) is 11.3. The maximum Gasteiger partial charge on any atom is 0.490 e. The first-order chi connectivity index (χ1) is 17.1. The zero-order valence-electron chi connectivity index (χ0n) is 19.6. The van der Waals surface area contributed by atoms with Crippen molar-refractivity contribution in [2.45, 2.75) is 24.7 Å². The number of rotatable bonds is 3. The number of nitrogens with one attached hydrogen (secondary N) is 1. The van der Waals surface area contributed by atoms with E-state index in [1.165, 1.54) is 14.2 Å². The molecule has 0 bridgehead atoms. The number of aliphatic carboxylic acids is 1. The maximum absolute atomic E-state index is 12.8. The molecule has 198 valence electrons. The van der Waals surface area contributed by atoms with Gasteiger partial charge in [-0.05, 0) is 35.7 Å². The van der Waals surface area contributed by atoms with Crippen LogP contribution in [-0.2, 0) is 23.9 Å². The van der Waals surface area contributed by atoms with Gasteiger partial charge in [-0.25, -0.2) is 4.79 Å². The van der Waals surface area contributed by atoms with Gasteiger partial charge >= 0.3 is 18.1 Å². The summed E-state index contributed by atoms with van der Waals surface area (Å²) in [4.78, 5) is 48.1. The van der Waals surface area contributed by atoms with Gasteiger partial charge in [-0.3, -0.25) is 24.6 Å². The number of hydrogen-bond donors (Lipinski definition) is 2. The van der Waals surface area contributed by atoms with Crippen LogP contribution in [0, 0.1) is 11.8 Å². The van der Waals surface area contributed by atoms with Crippen LogP contribution in [0.3, 0.4) is 0 Å². The van der Waals surface area contributed by atoms with Crippen LogP contribution < -0.4 is 5.32 Å². The molecule has 4 atom stereocenters. The Morgan fingerprint density at radius 3 is 2.05 bits per heavy atom. The second-order valence-corrected chi connectivity index (χ2v) is 9.42. The lowest BCUT2D eigenvalue weighted by molar-refractivity contribution is -0.192. The molecule has 13 heteroatoms. The maximum atomic E-state index is 12.8. The van der Waals surface area contributed by atoms with E-state index >= 15 is 0 Å². The van der Waals surface area contributed by atoms with Gasteiger partial charge in [0.2, 0.25) is 11.8 Å². The molecular weight excluding hydrogens is 540 g/mol. The molecule has 37 heavy (non-hydrogen) atoms. The van der Waals surface area contributed by atoms with Crippen molar-refractivity contribution in [1.29, 1.82) is 0 Å². The van der Waals surface area contributed by atoms with Crippen LogP contribution in [0.5, 0.6) is 0 Å². The van der Waals surface area contributed by atoms with Crippen LogP contribution in [0.2, 0.25) is 10.0 Å². The number of hydrogen-bond acceptors (Lipinski definition) is 6. The molecule has 0 saturated carbocycles. The highest BCUT2D eigenvalue weighted by molar-refractivity contribution is 6.42. The zero-order valence-corrected chi connectivity index (χ0v) is 21.1. The van der Waals surface area contributed by atoms with Gasteiger partial charge < -0.3 is 9.84 Å². The minimum atomic E-state index is -5.08. The number of carbonyl (C=O) groups excluding carboxylic acids is 3. The van der Waals surface area contributed by atoms with Gasteiger partial charge in [0, 0.05) is 13.1 Å². The Kier molecular flexibility index (Phi) is 7.92. The molecular formula is C24H21Cl2F3N2O6. The number of carboxylic acid groups (broad SMARTS) is 1. The largest absolute Gasteiger partial charge is 0.490 e. The predicted molar refractivity (Wildman–Crippen MR) is 127 cm³/mol. The topological polar surface area (TPSA) is 113 Å². The monoisotopic (exact) mass is 560 g/mol. The van der Waals surface area contributed by atoms with Crippen molar-refractivity contribution in [3.63, 3.8) is 0 Å². The summed E-state index contributed by atoms with van der Waals surface area (Å²) in [7, 11) is 2.72. The quantitative estimate of drug-likeness (QED) is 0.429. The van der Waals surface area contributed by atoms with Gasteiger partial charge in [0.25, 0.3) is 0 Å². The van der Waals surface area contributed by atoms with E-state index < -0.39 is 41.5 Å². The lowest BCUT2D eigenvalue weighted by Crippen LogP contribution is -2.53. The number of esters is 1. The third-order valence-corrected chi connectivity index (χ3v) is 7.12. The lowest BCUT2D eigenvalue weighted by Gasteiger charge is -2.27. The molecule has 0 unspecified atom stereocenters. The van der Waals surface area contributed by atoms with Gasteiger partial charge in [-0.15, -0.1) is 0 Å². The summed E-state index contributed by atoms with van der Waals surface area (Å²) in [5.74, 6) is -5.50. The van der Waals surface area contributed by atoms with E-state index in [1.54, 1.807) is 19.1 Å². The number of halogens is 5. The van der Waals surface area contributed by atoms with E-state index in [-0.39, 0.29) is 11.8 Å². The average Bonchev–Trinajstić information content (AvgIpc) is 3.29. The van der Waals surface area contributed by atoms with Crippen LogP contribution in [0.1, 0.15) is 18.5 Å². The van der Waals surface area contributed by atoms with E-state index in [0.29, 0.717) is 10.0 Å². The summed E-state index contributed by atoms with van der Waals surface area (Å²) in [6.45, 7) is 1.62. The van der Waals surface area contributed by atoms with Crippen LogP contribution in [-0.4, -0.2) is 59.6 Å². The van der Waals surface area contributed by atoms with Crippen molar-refractivity contribution in [3.8, 4) is 11.1 Å². The van der Waals surface area contributed by atoms with Gasteiger partial charge in [0.1, 0.15) is 5.54 Å². The molecule has 2 heterocycles. The SMILES string of the molecule is COC(=O)[C@]1(C)N[C@H](c2ccc(-c3ccc(Cl)c(Cl)c3)cc2)[C@@H]2C(=O)N(C)C(=O)[C@@H]21.O=C(O)C(F)(F)F. The minimum absolute atomic E-state index is 0.302. The standard InChI is InChI=1S/C22H20Cl2N2O4.C2HF3O2/c1-22(21(29)30-3)17-16(19(27)26(2)20(17)28)18(25-22)12-6-4-11(5-7-12)13-8-9-14(23)15(24)10-13;3-2(4,5)1(6)7/h4-10,16-18,25H,1-3H3;(H,6,7)/t16-,17-,18-,22-;/m1./s1. The third kappa shape index (κ3) is 5.29. The molecule has 0 aliphatic carbocycles. The second kappa shape index (κ2) is 10.3. The fraction of sp³-hybridized carbons (Fsp3) is 0.333. The first-order valence-electron chi connectivity index (χ1n) is 10.7. The predicted octanol–water partition coefficient (Wildman–Crippen LogP) is 4.10. The fourth-order valence-corrected chi connectivity index (χ4v) is 4.83. The summed E-state index contributed by atoms with van der Waals surface area (Å²) in [5.41, 5.74) is 1.34. The number of benzene rings is 2. The molecule has 4 rings (SSSR count). The van der Waals surface area contributed by atoms with E-state index in [0.717, 1.165) is 21.6 Å².